The number of morpholine rings is 1. The van der Waals surface area contributed by atoms with E-state index in [-0.39, 0.29) is 5.82 Å². The highest BCUT2D eigenvalue weighted by Gasteiger charge is 2.23. The molecule has 0 bridgehead atoms. The van der Waals surface area contributed by atoms with Gasteiger partial charge in [-0.3, -0.25) is 0 Å². The van der Waals surface area contributed by atoms with Crippen LogP contribution in [0.1, 0.15) is 11.1 Å². The van der Waals surface area contributed by atoms with Crippen LogP contribution < -0.4 is 4.90 Å². The molecule has 0 amide bonds. The minimum Gasteiger partial charge on any atom is -0.378 e. The summed E-state index contributed by atoms with van der Waals surface area (Å²) in [5.74, 6) is 0.551. The maximum atomic E-state index is 14.2. The number of halogens is 2. The van der Waals surface area contributed by atoms with Crippen LogP contribution in [-0.2, 0) is 11.2 Å². The SMILES string of the molecule is Fc1ccc(-c2nc(N3CCOCC3)nc3c(Br)csc23)c2c1CC=C2. The van der Waals surface area contributed by atoms with Crippen molar-refractivity contribution >= 4 is 49.5 Å². The van der Waals surface area contributed by atoms with E-state index in [1.165, 1.54) is 0 Å². The highest BCUT2D eigenvalue weighted by Crippen LogP contribution is 2.40. The Morgan fingerprint density at radius 1 is 1.19 bits per heavy atom. The molecular weight excluding hydrogens is 417 g/mol. The molecule has 4 nitrogen and oxygen atoms in total. The minimum absolute atomic E-state index is 0.153. The first-order chi connectivity index (χ1) is 12.7. The predicted molar refractivity (Wildman–Crippen MR) is 106 cm³/mol. The molecule has 0 saturated carbocycles. The van der Waals surface area contributed by atoms with Gasteiger partial charge in [0.2, 0.25) is 5.95 Å². The first kappa shape index (κ1) is 16.4. The van der Waals surface area contributed by atoms with Crippen LogP contribution in [0.4, 0.5) is 10.3 Å². The average Bonchev–Trinajstić information content (AvgIpc) is 3.30. The van der Waals surface area contributed by atoms with Crippen LogP contribution in [-0.4, -0.2) is 36.3 Å². The molecule has 1 fully saturated rings. The molecule has 0 atom stereocenters. The molecular formula is C19H15BrFN3OS. The first-order valence-electron chi connectivity index (χ1n) is 8.48. The van der Waals surface area contributed by atoms with E-state index in [1.54, 1.807) is 17.4 Å². The van der Waals surface area contributed by atoms with E-state index in [4.69, 9.17) is 14.7 Å². The summed E-state index contributed by atoms with van der Waals surface area (Å²) in [5, 5.41) is 2.03. The van der Waals surface area contributed by atoms with Gasteiger partial charge in [-0.2, -0.15) is 0 Å². The monoisotopic (exact) mass is 431 g/mol. The maximum absolute atomic E-state index is 14.2. The van der Waals surface area contributed by atoms with E-state index in [2.05, 4.69) is 20.8 Å². The van der Waals surface area contributed by atoms with E-state index in [1.807, 2.05) is 23.6 Å². The molecule has 3 heterocycles. The molecule has 1 aromatic carbocycles. The number of anilines is 1. The fourth-order valence-electron chi connectivity index (χ4n) is 3.50. The van der Waals surface area contributed by atoms with Crippen LogP contribution in [0.2, 0.25) is 0 Å². The van der Waals surface area contributed by atoms with Gasteiger partial charge in [-0.25, -0.2) is 14.4 Å². The van der Waals surface area contributed by atoms with Gasteiger partial charge in [-0.05, 0) is 45.6 Å². The summed E-state index contributed by atoms with van der Waals surface area (Å²) in [5.41, 5.74) is 4.42. The lowest BCUT2D eigenvalue weighted by molar-refractivity contribution is 0.122. The van der Waals surface area contributed by atoms with Gasteiger partial charge >= 0.3 is 0 Å². The Labute approximate surface area is 162 Å². The predicted octanol–water partition coefficient (Wildman–Crippen LogP) is 4.67. The maximum Gasteiger partial charge on any atom is 0.226 e. The largest absolute Gasteiger partial charge is 0.378 e. The second kappa shape index (κ2) is 6.40. The fraction of sp³-hybridized carbons (Fsp3) is 0.263. The van der Waals surface area contributed by atoms with Crippen molar-refractivity contribution in [3.05, 3.63) is 45.0 Å². The molecule has 3 aromatic rings. The molecule has 132 valence electrons. The van der Waals surface area contributed by atoms with E-state index in [0.29, 0.717) is 25.6 Å². The van der Waals surface area contributed by atoms with Gasteiger partial charge in [0.15, 0.2) is 0 Å². The first-order valence-corrected chi connectivity index (χ1v) is 10.2. The highest BCUT2D eigenvalue weighted by molar-refractivity contribution is 9.10. The van der Waals surface area contributed by atoms with Crippen molar-refractivity contribution in [2.24, 2.45) is 0 Å². The van der Waals surface area contributed by atoms with E-state index >= 15 is 0 Å². The Kier molecular flexibility index (Phi) is 4.03. The van der Waals surface area contributed by atoms with E-state index < -0.39 is 0 Å². The van der Waals surface area contributed by atoms with Gasteiger partial charge in [0.1, 0.15) is 11.3 Å². The second-order valence-corrected chi connectivity index (χ2v) is 8.06. The second-order valence-electron chi connectivity index (χ2n) is 6.33. The fourth-order valence-corrected chi connectivity index (χ4v) is 5.07. The van der Waals surface area contributed by atoms with E-state index in [9.17, 15) is 4.39 Å². The molecule has 2 aromatic heterocycles. The molecule has 1 saturated heterocycles. The number of hydrogen-bond donors (Lipinski definition) is 0. The van der Waals surface area contributed by atoms with E-state index in [0.717, 1.165) is 50.2 Å². The van der Waals surface area contributed by atoms with Crippen LogP contribution in [0.3, 0.4) is 0 Å². The van der Waals surface area contributed by atoms with Crippen LogP contribution in [0.5, 0.6) is 0 Å². The van der Waals surface area contributed by atoms with Crippen molar-refractivity contribution in [2.45, 2.75) is 6.42 Å². The summed E-state index contributed by atoms with van der Waals surface area (Å²) in [4.78, 5) is 11.8. The molecule has 0 radical (unpaired) electrons. The van der Waals surface area contributed by atoms with Crippen LogP contribution in [0.15, 0.2) is 28.1 Å². The zero-order valence-corrected chi connectivity index (χ0v) is 16.2. The van der Waals surface area contributed by atoms with Crippen LogP contribution in [0, 0.1) is 5.82 Å². The van der Waals surface area contributed by atoms with Gasteiger partial charge in [0.05, 0.1) is 28.1 Å². The molecule has 0 spiro atoms. The third kappa shape index (κ3) is 2.57. The lowest BCUT2D eigenvalue weighted by atomic mass is 10.00. The molecule has 0 unspecified atom stereocenters. The van der Waals surface area contributed by atoms with Crippen LogP contribution in [0.25, 0.3) is 27.6 Å². The Morgan fingerprint density at radius 2 is 2.04 bits per heavy atom. The lowest BCUT2D eigenvalue weighted by Gasteiger charge is -2.27. The molecule has 0 N–H and O–H groups in total. The Bertz CT molecular complexity index is 1040. The summed E-state index contributed by atoms with van der Waals surface area (Å²) < 4.78 is 21.6. The number of hydrogen-bond acceptors (Lipinski definition) is 5. The van der Waals surface area contributed by atoms with Gasteiger partial charge in [0.25, 0.3) is 0 Å². The number of aromatic nitrogens is 2. The summed E-state index contributed by atoms with van der Waals surface area (Å²) in [7, 11) is 0. The summed E-state index contributed by atoms with van der Waals surface area (Å²) in [6, 6.07) is 3.38. The molecule has 1 aliphatic heterocycles. The average molecular weight is 432 g/mol. The number of rotatable bonds is 2. The molecule has 2 aliphatic rings. The quantitative estimate of drug-likeness (QED) is 0.590. The summed E-state index contributed by atoms with van der Waals surface area (Å²) in [6.45, 7) is 2.90. The van der Waals surface area contributed by atoms with Gasteiger partial charge in [-0.1, -0.05) is 12.2 Å². The molecule has 1 aliphatic carbocycles. The third-order valence-electron chi connectivity index (χ3n) is 4.82. The standard InChI is InChI=1S/C19H15BrFN3OS/c20-14-10-26-18-16(13-4-5-15(21)12-3-1-2-11(12)13)22-19(23-17(14)18)24-6-8-25-9-7-24/h1-2,4-5,10H,3,6-9H2. The number of thiophene rings is 1. The topological polar surface area (TPSA) is 38.2 Å². The number of nitrogens with zero attached hydrogens (tertiary/aromatic N) is 3. The van der Waals surface area contributed by atoms with Crippen molar-refractivity contribution in [1.82, 2.24) is 9.97 Å². The molecule has 7 heteroatoms. The lowest BCUT2D eigenvalue weighted by Crippen LogP contribution is -2.37. The van der Waals surface area contributed by atoms with Crippen molar-refractivity contribution in [1.29, 1.82) is 0 Å². The van der Waals surface area contributed by atoms with Gasteiger partial charge < -0.3 is 9.64 Å². The summed E-state index contributed by atoms with van der Waals surface area (Å²) in [6.07, 6.45) is 4.63. The number of benzene rings is 1. The Morgan fingerprint density at radius 3 is 2.88 bits per heavy atom. The highest BCUT2D eigenvalue weighted by atomic mass is 79.9. The normalized spacial score (nSPS) is 16.5. The number of ether oxygens (including phenoxy) is 1. The minimum atomic E-state index is -0.153. The smallest absolute Gasteiger partial charge is 0.226 e. The van der Waals surface area contributed by atoms with Crippen LogP contribution >= 0.6 is 27.3 Å². The van der Waals surface area contributed by atoms with Crippen molar-refractivity contribution in [2.75, 3.05) is 31.2 Å². The van der Waals surface area contributed by atoms with Gasteiger partial charge in [0, 0.05) is 24.0 Å². The third-order valence-corrected chi connectivity index (χ3v) is 6.70. The zero-order chi connectivity index (χ0) is 17.7. The zero-order valence-electron chi connectivity index (χ0n) is 13.8. The number of fused-ring (bicyclic) bond motifs is 2. The Hall–Kier alpha value is -1.83. The molecule has 26 heavy (non-hydrogen) atoms. The van der Waals surface area contributed by atoms with Crippen molar-refractivity contribution < 1.29 is 9.13 Å². The van der Waals surface area contributed by atoms with Crippen molar-refractivity contribution in [3.63, 3.8) is 0 Å². The molecule has 5 rings (SSSR count). The summed E-state index contributed by atoms with van der Waals surface area (Å²) >= 11 is 5.22. The van der Waals surface area contributed by atoms with Gasteiger partial charge in [-0.15, -0.1) is 11.3 Å². The Balaban J connectivity index is 1.75. The van der Waals surface area contributed by atoms with Crippen molar-refractivity contribution in [3.8, 4) is 11.3 Å². The number of allylic oxidation sites excluding steroid dienone is 1.